The minimum atomic E-state index is -1.18. The molecule has 0 aliphatic carbocycles. The first-order chi connectivity index (χ1) is 10.8. The molecular weight excluding hydrogens is 335 g/mol. The largest absolute Gasteiger partial charge is 0.342 e. The van der Waals surface area contributed by atoms with Gasteiger partial charge in [0, 0.05) is 13.1 Å². The summed E-state index contributed by atoms with van der Waals surface area (Å²) >= 11 is 12.0. The van der Waals surface area contributed by atoms with Crippen molar-refractivity contribution in [1.29, 1.82) is 0 Å². The van der Waals surface area contributed by atoms with Gasteiger partial charge < -0.3 is 10.2 Å². The Morgan fingerprint density at radius 2 is 1.70 bits per heavy atom. The van der Waals surface area contributed by atoms with Gasteiger partial charge in [-0.3, -0.25) is 9.59 Å². The molecule has 0 bridgehead atoms. The van der Waals surface area contributed by atoms with Crippen LogP contribution < -0.4 is 5.32 Å². The Morgan fingerprint density at radius 1 is 1.13 bits per heavy atom. The van der Waals surface area contributed by atoms with Gasteiger partial charge in [0.1, 0.15) is 5.41 Å². The zero-order chi connectivity index (χ0) is 17.6. The second kappa shape index (κ2) is 8.55. The van der Waals surface area contributed by atoms with Crippen LogP contribution in [-0.4, -0.2) is 29.8 Å². The maximum atomic E-state index is 12.7. The molecule has 0 aromatic heterocycles. The molecule has 1 N–H and O–H groups in total. The molecule has 0 aliphatic heterocycles. The van der Waals surface area contributed by atoms with Crippen LogP contribution in [0.15, 0.2) is 18.2 Å². The molecule has 0 aliphatic rings. The van der Waals surface area contributed by atoms with E-state index in [9.17, 15) is 9.59 Å². The van der Waals surface area contributed by atoms with Crippen molar-refractivity contribution in [2.24, 2.45) is 5.41 Å². The minimum absolute atomic E-state index is 0.183. The second-order valence-electron chi connectivity index (χ2n) is 5.97. The lowest BCUT2D eigenvalue weighted by Gasteiger charge is -2.31. The zero-order valence-electron chi connectivity index (χ0n) is 14.1. The lowest BCUT2D eigenvalue weighted by atomic mass is 9.90. The summed E-state index contributed by atoms with van der Waals surface area (Å²) in [7, 11) is 0. The Bertz CT molecular complexity index is 568. The number of halogens is 2. The van der Waals surface area contributed by atoms with Gasteiger partial charge in [0.2, 0.25) is 11.8 Å². The summed E-state index contributed by atoms with van der Waals surface area (Å²) in [5.41, 5.74) is -0.779. The predicted molar refractivity (Wildman–Crippen MR) is 96.0 cm³/mol. The molecule has 0 heterocycles. The second-order valence-corrected chi connectivity index (χ2v) is 6.76. The van der Waals surface area contributed by atoms with E-state index in [1.807, 2.05) is 13.8 Å². The number of carbonyl (C=O) groups excluding carboxylic acids is 2. The van der Waals surface area contributed by atoms with Crippen molar-refractivity contribution < 1.29 is 9.59 Å². The highest BCUT2D eigenvalue weighted by Gasteiger charge is 2.39. The van der Waals surface area contributed by atoms with Crippen molar-refractivity contribution in [2.75, 3.05) is 18.4 Å². The third-order valence-corrected chi connectivity index (χ3v) is 4.40. The molecule has 128 valence electrons. The summed E-state index contributed by atoms with van der Waals surface area (Å²) < 4.78 is 0. The van der Waals surface area contributed by atoms with Crippen LogP contribution in [0.4, 0.5) is 5.69 Å². The third kappa shape index (κ3) is 4.85. The first kappa shape index (κ1) is 19.8. The van der Waals surface area contributed by atoms with Gasteiger partial charge in [-0.15, -0.1) is 0 Å². The number of benzene rings is 1. The normalized spacial score (nSPS) is 11.2. The number of hydrogen-bond donors (Lipinski definition) is 1. The highest BCUT2D eigenvalue weighted by atomic mass is 35.5. The van der Waals surface area contributed by atoms with Crippen molar-refractivity contribution in [2.45, 2.75) is 40.5 Å². The Hall–Kier alpha value is -1.26. The van der Waals surface area contributed by atoms with Crippen LogP contribution >= 0.6 is 23.2 Å². The van der Waals surface area contributed by atoms with Gasteiger partial charge in [-0.25, -0.2) is 0 Å². The topological polar surface area (TPSA) is 49.4 Å². The molecule has 4 nitrogen and oxygen atoms in total. The first-order valence-corrected chi connectivity index (χ1v) is 8.56. The van der Waals surface area contributed by atoms with Crippen molar-refractivity contribution in [1.82, 2.24) is 4.90 Å². The van der Waals surface area contributed by atoms with Crippen LogP contribution in [0.25, 0.3) is 0 Å². The summed E-state index contributed by atoms with van der Waals surface area (Å²) in [6.45, 7) is 8.55. The lowest BCUT2D eigenvalue weighted by Crippen LogP contribution is -2.47. The Balaban J connectivity index is 2.95. The van der Waals surface area contributed by atoms with Gasteiger partial charge in [-0.2, -0.15) is 0 Å². The molecule has 1 aromatic carbocycles. The number of nitrogens with one attached hydrogen (secondary N) is 1. The quantitative estimate of drug-likeness (QED) is 0.723. The lowest BCUT2D eigenvalue weighted by molar-refractivity contribution is -0.146. The fraction of sp³-hybridized carbons (Fsp3) is 0.529. The van der Waals surface area contributed by atoms with Crippen LogP contribution in [-0.2, 0) is 9.59 Å². The molecule has 0 saturated carbocycles. The van der Waals surface area contributed by atoms with E-state index in [-0.39, 0.29) is 10.9 Å². The molecule has 0 atom stereocenters. The Labute approximate surface area is 148 Å². The standard InChI is InChI=1S/C17H24Cl2N2O2/c1-5-10-21(11-6-2)16(23)17(3,4)15(22)20-13-9-7-8-12(18)14(13)19/h7-9H,5-6,10-11H2,1-4H3,(H,20,22). The maximum Gasteiger partial charge on any atom is 0.239 e. The van der Waals surface area contributed by atoms with Gasteiger partial charge in [-0.05, 0) is 38.8 Å². The zero-order valence-corrected chi connectivity index (χ0v) is 15.6. The number of rotatable bonds is 7. The fourth-order valence-electron chi connectivity index (χ4n) is 2.23. The molecule has 0 unspecified atom stereocenters. The van der Waals surface area contributed by atoms with E-state index in [0.717, 1.165) is 12.8 Å². The van der Waals surface area contributed by atoms with E-state index >= 15 is 0 Å². The average molecular weight is 359 g/mol. The number of carbonyl (C=O) groups is 2. The van der Waals surface area contributed by atoms with E-state index in [4.69, 9.17) is 23.2 Å². The van der Waals surface area contributed by atoms with E-state index < -0.39 is 11.3 Å². The van der Waals surface area contributed by atoms with Crippen LogP contribution in [0.5, 0.6) is 0 Å². The molecule has 2 amide bonds. The van der Waals surface area contributed by atoms with Crippen LogP contribution in [0.2, 0.25) is 10.0 Å². The smallest absolute Gasteiger partial charge is 0.239 e. The predicted octanol–water partition coefficient (Wildman–Crippen LogP) is 4.61. The number of hydrogen-bond acceptors (Lipinski definition) is 2. The van der Waals surface area contributed by atoms with Crippen molar-refractivity contribution in [3.63, 3.8) is 0 Å². The van der Waals surface area contributed by atoms with Gasteiger partial charge in [0.05, 0.1) is 15.7 Å². The summed E-state index contributed by atoms with van der Waals surface area (Å²) in [6, 6.07) is 4.99. The van der Waals surface area contributed by atoms with Crippen LogP contribution in [0.3, 0.4) is 0 Å². The summed E-state index contributed by atoms with van der Waals surface area (Å²) in [6.07, 6.45) is 1.70. The maximum absolute atomic E-state index is 12.7. The molecule has 0 saturated heterocycles. The van der Waals surface area contributed by atoms with Gasteiger partial charge >= 0.3 is 0 Å². The molecule has 1 aromatic rings. The highest BCUT2D eigenvalue weighted by molar-refractivity contribution is 6.44. The Morgan fingerprint density at radius 3 is 2.22 bits per heavy atom. The molecule has 0 spiro atoms. The number of anilines is 1. The molecule has 0 radical (unpaired) electrons. The molecular formula is C17H24Cl2N2O2. The van der Waals surface area contributed by atoms with Gasteiger partial charge in [0.15, 0.2) is 0 Å². The van der Waals surface area contributed by atoms with E-state index in [2.05, 4.69) is 5.32 Å². The monoisotopic (exact) mass is 358 g/mol. The Kier molecular flexibility index (Phi) is 7.36. The average Bonchev–Trinajstić information content (AvgIpc) is 2.50. The van der Waals surface area contributed by atoms with E-state index in [1.165, 1.54) is 0 Å². The number of amides is 2. The first-order valence-electron chi connectivity index (χ1n) is 7.80. The van der Waals surface area contributed by atoms with Crippen molar-refractivity contribution >= 4 is 40.7 Å². The molecule has 23 heavy (non-hydrogen) atoms. The fourth-order valence-corrected chi connectivity index (χ4v) is 2.57. The number of nitrogens with zero attached hydrogens (tertiary/aromatic N) is 1. The third-order valence-electron chi connectivity index (χ3n) is 3.58. The van der Waals surface area contributed by atoms with Crippen LogP contribution in [0, 0.1) is 5.41 Å². The van der Waals surface area contributed by atoms with Gasteiger partial charge in [0.25, 0.3) is 0 Å². The van der Waals surface area contributed by atoms with E-state index in [0.29, 0.717) is 23.8 Å². The molecule has 1 rings (SSSR count). The SMILES string of the molecule is CCCN(CCC)C(=O)C(C)(C)C(=O)Nc1cccc(Cl)c1Cl. The highest BCUT2D eigenvalue weighted by Crippen LogP contribution is 2.31. The minimum Gasteiger partial charge on any atom is -0.342 e. The van der Waals surface area contributed by atoms with Crippen LogP contribution in [0.1, 0.15) is 40.5 Å². The summed E-state index contributed by atoms with van der Waals surface area (Å²) in [4.78, 5) is 27.1. The van der Waals surface area contributed by atoms with E-state index in [1.54, 1.807) is 36.9 Å². The molecule has 6 heteroatoms. The summed E-state index contributed by atoms with van der Waals surface area (Å²) in [5.74, 6) is -0.583. The molecule has 0 fully saturated rings. The summed E-state index contributed by atoms with van der Waals surface area (Å²) in [5, 5.41) is 3.33. The van der Waals surface area contributed by atoms with Crippen molar-refractivity contribution in [3.05, 3.63) is 28.2 Å². The van der Waals surface area contributed by atoms with Gasteiger partial charge in [-0.1, -0.05) is 43.1 Å². The van der Waals surface area contributed by atoms with Crippen molar-refractivity contribution in [3.8, 4) is 0 Å².